The van der Waals surface area contributed by atoms with Gasteiger partial charge >= 0.3 is 0 Å². The Hall–Kier alpha value is -2.24. The van der Waals surface area contributed by atoms with E-state index in [0.717, 1.165) is 17.5 Å². The van der Waals surface area contributed by atoms with Gasteiger partial charge in [-0.25, -0.2) is 0 Å². The second kappa shape index (κ2) is 11.1. The zero-order chi connectivity index (χ0) is 21.4. The maximum absolute atomic E-state index is 13.1. The van der Waals surface area contributed by atoms with Crippen LogP contribution in [0.15, 0.2) is 42.5 Å². The molecular formula is C22H26Cl2N2O3. The molecule has 0 heterocycles. The van der Waals surface area contributed by atoms with Gasteiger partial charge < -0.3 is 15.0 Å². The van der Waals surface area contributed by atoms with Crippen LogP contribution in [0.3, 0.4) is 0 Å². The third kappa shape index (κ3) is 6.65. The van der Waals surface area contributed by atoms with E-state index in [0.29, 0.717) is 22.3 Å². The summed E-state index contributed by atoms with van der Waals surface area (Å²) < 4.78 is 5.27. The summed E-state index contributed by atoms with van der Waals surface area (Å²) >= 11 is 12.0. The molecular weight excluding hydrogens is 411 g/mol. The number of nitrogens with zero attached hydrogens (tertiary/aromatic N) is 1. The third-order valence-electron chi connectivity index (χ3n) is 4.54. The highest BCUT2D eigenvalue weighted by Gasteiger charge is 2.26. The number of carbonyl (C=O) groups is 2. The molecule has 1 atom stereocenters. The lowest BCUT2D eigenvalue weighted by Crippen LogP contribution is -2.48. The Labute approximate surface area is 181 Å². The first-order chi connectivity index (χ1) is 13.8. The normalized spacial score (nSPS) is 11.6. The van der Waals surface area contributed by atoms with E-state index in [1.165, 1.54) is 0 Å². The van der Waals surface area contributed by atoms with Gasteiger partial charge in [-0.2, -0.15) is 0 Å². The van der Waals surface area contributed by atoms with Gasteiger partial charge in [0.2, 0.25) is 11.8 Å². The fraction of sp³-hybridized carbons (Fsp3) is 0.364. The minimum Gasteiger partial charge on any atom is -0.497 e. The van der Waals surface area contributed by atoms with Crippen LogP contribution in [0.25, 0.3) is 0 Å². The molecule has 29 heavy (non-hydrogen) atoms. The number of hydrogen-bond donors (Lipinski definition) is 1. The van der Waals surface area contributed by atoms with E-state index in [1.54, 1.807) is 37.1 Å². The molecule has 0 aliphatic heterocycles. The van der Waals surface area contributed by atoms with E-state index in [2.05, 4.69) is 5.32 Å². The lowest BCUT2D eigenvalue weighted by molar-refractivity contribution is -0.140. The van der Waals surface area contributed by atoms with Gasteiger partial charge in [0.15, 0.2) is 0 Å². The highest BCUT2D eigenvalue weighted by molar-refractivity contribution is 6.42. The molecule has 2 amide bonds. The zero-order valence-corrected chi connectivity index (χ0v) is 18.4. The maximum Gasteiger partial charge on any atom is 0.242 e. The van der Waals surface area contributed by atoms with E-state index in [4.69, 9.17) is 27.9 Å². The molecule has 2 rings (SSSR count). The highest BCUT2D eigenvalue weighted by Crippen LogP contribution is 2.23. The molecule has 0 radical (unpaired) electrons. The summed E-state index contributed by atoms with van der Waals surface area (Å²) in [6.07, 6.45) is 0.942. The summed E-state index contributed by atoms with van der Waals surface area (Å²) in [5, 5.41) is 3.69. The van der Waals surface area contributed by atoms with E-state index in [1.807, 2.05) is 31.2 Å². The van der Waals surface area contributed by atoms with E-state index in [9.17, 15) is 9.59 Å². The van der Waals surface area contributed by atoms with Crippen molar-refractivity contribution in [3.05, 3.63) is 63.6 Å². The molecule has 0 aliphatic rings. The maximum atomic E-state index is 13.1. The van der Waals surface area contributed by atoms with Gasteiger partial charge in [0.25, 0.3) is 0 Å². The molecule has 0 bridgehead atoms. The number of rotatable bonds is 9. The van der Waals surface area contributed by atoms with Crippen molar-refractivity contribution in [1.29, 1.82) is 0 Å². The van der Waals surface area contributed by atoms with Gasteiger partial charge in [-0.15, -0.1) is 0 Å². The largest absolute Gasteiger partial charge is 0.497 e. The highest BCUT2D eigenvalue weighted by atomic mass is 35.5. The fourth-order valence-corrected chi connectivity index (χ4v) is 3.19. The van der Waals surface area contributed by atoms with Crippen molar-refractivity contribution in [2.45, 2.75) is 39.3 Å². The van der Waals surface area contributed by atoms with Gasteiger partial charge in [-0.3, -0.25) is 9.59 Å². The number of halogens is 2. The molecule has 5 nitrogen and oxygen atoms in total. The summed E-state index contributed by atoms with van der Waals surface area (Å²) in [5.41, 5.74) is 1.61. The van der Waals surface area contributed by atoms with Gasteiger partial charge in [-0.05, 0) is 48.7 Å². The summed E-state index contributed by atoms with van der Waals surface area (Å²) in [6.45, 7) is 4.57. The quantitative estimate of drug-likeness (QED) is 0.629. The molecule has 0 aliphatic carbocycles. The number of nitrogens with one attached hydrogen (secondary N) is 1. The van der Waals surface area contributed by atoms with Crippen LogP contribution < -0.4 is 10.1 Å². The van der Waals surface area contributed by atoms with E-state index in [-0.39, 0.29) is 24.8 Å². The minimum absolute atomic E-state index is 0.117. The number of amides is 2. The smallest absolute Gasteiger partial charge is 0.242 e. The second-order valence-electron chi connectivity index (χ2n) is 6.77. The summed E-state index contributed by atoms with van der Waals surface area (Å²) in [6, 6.07) is 11.9. The number of carbonyl (C=O) groups excluding carboxylic acids is 2. The van der Waals surface area contributed by atoms with E-state index < -0.39 is 6.04 Å². The minimum atomic E-state index is -0.622. The number of methoxy groups -OCH3 is 1. The molecule has 156 valence electrons. The van der Waals surface area contributed by atoms with Crippen molar-refractivity contribution in [2.24, 2.45) is 0 Å². The Morgan fingerprint density at radius 1 is 1.10 bits per heavy atom. The summed E-state index contributed by atoms with van der Waals surface area (Å²) in [7, 11) is 1.59. The molecule has 0 spiro atoms. The Morgan fingerprint density at radius 3 is 2.52 bits per heavy atom. The third-order valence-corrected chi connectivity index (χ3v) is 5.28. The summed E-state index contributed by atoms with van der Waals surface area (Å²) in [5.74, 6) is 0.338. The van der Waals surface area contributed by atoms with Crippen LogP contribution in [-0.2, 0) is 22.6 Å². The average Bonchev–Trinajstić information content (AvgIpc) is 2.72. The summed E-state index contributed by atoms with van der Waals surface area (Å²) in [4.78, 5) is 27.2. The Balaban J connectivity index is 2.25. The first-order valence-electron chi connectivity index (χ1n) is 9.49. The van der Waals surface area contributed by atoms with E-state index >= 15 is 0 Å². The van der Waals surface area contributed by atoms with Crippen molar-refractivity contribution >= 4 is 35.0 Å². The Morgan fingerprint density at radius 2 is 1.86 bits per heavy atom. The fourth-order valence-electron chi connectivity index (χ4n) is 2.87. The Bertz CT molecular complexity index is 858. The van der Waals surface area contributed by atoms with Crippen LogP contribution in [0.4, 0.5) is 0 Å². The van der Waals surface area contributed by atoms with Crippen LogP contribution in [-0.4, -0.2) is 36.4 Å². The van der Waals surface area contributed by atoms with Crippen LogP contribution >= 0.6 is 23.2 Å². The van der Waals surface area contributed by atoms with Crippen molar-refractivity contribution in [1.82, 2.24) is 10.2 Å². The molecule has 0 saturated heterocycles. The number of benzene rings is 2. The second-order valence-corrected chi connectivity index (χ2v) is 7.58. The molecule has 0 fully saturated rings. The predicted octanol–water partition coefficient (Wildman–Crippen LogP) is 4.49. The van der Waals surface area contributed by atoms with Crippen LogP contribution in [0.2, 0.25) is 10.0 Å². The van der Waals surface area contributed by atoms with Gasteiger partial charge in [0, 0.05) is 13.1 Å². The van der Waals surface area contributed by atoms with Crippen LogP contribution in [0.1, 0.15) is 31.4 Å². The van der Waals surface area contributed by atoms with Gasteiger partial charge in [0.05, 0.1) is 23.6 Å². The predicted molar refractivity (Wildman–Crippen MR) is 116 cm³/mol. The van der Waals surface area contributed by atoms with Crippen molar-refractivity contribution in [3.8, 4) is 5.75 Å². The molecule has 0 saturated carbocycles. The molecule has 2 aromatic rings. The standard InChI is InChI=1S/C22H26Cl2N2O3/c1-4-10-25-22(28)15(2)26(14-17-6-5-7-18(11-17)29-3)21(27)13-16-8-9-19(23)20(24)12-16/h5-9,11-12,15H,4,10,13-14H2,1-3H3,(H,25,28)/t15-/m0/s1. The molecule has 1 N–H and O–H groups in total. The zero-order valence-electron chi connectivity index (χ0n) is 16.9. The Kier molecular flexibility index (Phi) is 8.80. The van der Waals surface area contributed by atoms with Crippen LogP contribution in [0.5, 0.6) is 5.75 Å². The lowest BCUT2D eigenvalue weighted by Gasteiger charge is -2.29. The number of ether oxygens (including phenoxy) is 1. The first-order valence-corrected chi connectivity index (χ1v) is 10.2. The molecule has 7 heteroatoms. The van der Waals surface area contributed by atoms with Crippen LogP contribution in [0, 0.1) is 0 Å². The van der Waals surface area contributed by atoms with Crippen molar-refractivity contribution in [3.63, 3.8) is 0 Å². The van der Waals surface area contributed by atoms with Crippen molar-refractivity contribution < 1.29 is 14.3 Å². The topological polar surface area (TPSA) is 58.6 Å². The SMILES string of the molecule is CCCNC(=O)[C@H](C)N(Cc1cccc(OC)c1)C(=O)Cc1ccc(Cl)c(Cl)c1. The molecule has 0 aromatic heterocycles. The first kappa shape index (κ1) is 23.0. The lowest BCUT2D eigenvalue weighted by atomic mass is 10.1. The average molecular weight is 437 g/mol. The van der Waals surface area contributed by atoms with Gasteiger partial charge in [-0.1, -0.05) is 48.3 Å². The number of hydrogen-bond acceptors (Lipinski definition) is 3. The van der Waals surface area contributed by atoms with Gasteiger partial charge in [0.1, 0.15) is 11.8 Å². The monoisotopic (exact) mass is 436 g/mol. The van der Waals surface area contributed by atoms with Crippen molar-refractivity contribution in [2.75, 3.05) is 13.7 Å². The molecule has 0 unspecified atom stereocenters. The molecule has 2 aromatic carbocycles.